The number of hydrogen-bond acceptors (Lipinski definition) is 5. The zero-order valence-corrected chi connectivity index (χ0v) is 24.5. The van der Waals surface area contributed by atoms with Gasteiger partial charge in [-0.3, -0.25) is 19.3 Å². The second-order valence-electron chi connectivity index (χ2n) is 10.8. The molecule has 1 saturated carbocycles. The molecule has 0 bridgehead atoms. The molecule has 4 rings (SSSR count). The Bertz CT molecular complexity index is 915. The van der Waals surface area contributed by atoms with Gasteiger partial charge in [0.1, 0.15) is 12.1 Å². The maximum absolute atomic E-state index is 14.2. The average Bonchev–Trinajstić information content (AvgIpc) is 3.38. The van der Waals surface area contributed by atoms with Crippen LogP contribution in [0.1, 0.15) is 70.4 Å². The first-order valence-electron chi connectivity index (χ1n) is 13.8. The lowest BCUT2D eigenvalue weighted by molar-refractivity contribution is -0.149. The molecule has 3 N–H and O–H groups in total. The topological polar surface area (TPSA) is 93.8 Å². The van der Waals surface area contributed by atoms with E-state index in [1.807, 2.05) is 37.3 Å². The summed E-state index contributed by atoms with van der Waals surface area (Å²) in [6, 6.07) is 8.47. The van der Waals surface area contributed by atoms with E-state index >= 15 is 0 Å². The summed E-state index contributed by atoms with van der Waals surface area (Å²) in [6.07, 6.45) is 7.29. The fraction of sp³-hybridized carbons (Fsp3) is 0.679. The number of rotatable bonds is 8. The molecule has 1 aliphatic carbocycles. The van der Waals surface area contributed by atoms with Gasteiger partial charge in [-0.05, 0) is 64.6 Å². The molecule has 2 heterocycles. The molecular formula is C28H45Cl2N5O3. The van der Waals surface area contributed by atoms with Crippen LogP contribution in [0.25, 0.3) is 0 Å². The van der Waals surface area contributed by atoms with Gasteiger partial charge in [0, 0.05) is 19.1 Å². The Kier molecular flexibility index (Phi) is 12.8. The van der Waals surface area contributed by atoms with E-state index in [1.54, 1.807) is 18.9 Å². The molecule has 0 radical (unpaired) electrons. The molecule has 0 spiro atoms. The molecule has 3 fully saturated rings. The number of halogens is 2. The maximum atomic E-state index is 14.2. The highest BCUT2D eigenvalue weighted by molar-refractivity contribution is 5.93. The highest BCUT2D eigenvalue weighted by Gasteiger charge is 2.45. The quantitative estimate of drug-likeness (QED) is 0.447. The van der Waals surface area contributed by atoms with Gasteiger partial charge in [0.2, 0.25) is 17.7 Å². The molecule has 1 aromatic rings. The third-order valence-corrected chi connectivity index (χ3v) is 8.45. The Labute approximate surface area is 239 Å². The minimum Gasteiger partial charge on any atom is -0.348 e. The summed E-state index contributed by atoms with van der Waals surface area (Å²) in [5, 5.41) is 9.22. The Balaban J connectivity index is 0.00000253. The van der Waals surface area contributed by atoms with E-state index in [9.17, 15) is 14.4 Å². The Morgan fingerprint density at radius 3 is 2.24 bits per heavy atom. The molecule has 8 nitrogen and oxygen atoms in total. The normalized spacial score (nSPS) is 24.1. The van der Waals surface area contributed by atoms with Crippen LogP contribution in [0.4, 0.5) is 0 Å². The smallest absolute Gasteiger partial charge is 0.246 e. The highest BCUT2D eigenvalue weighted by Crippen LogP contribution is 2.31. The number of amides is 3. The SMILES string of the molecule is CN[C@@H](C)C(=O)N[C@H](C(=O)N1C[C@H]2CCCN2C[C@H]1C(=O)N[C@H](C)c1ccccc1)C1CCCCC1.Cl.Cl. The average molecular weight is 571 g/mol. The van der Waals surface area contributed by atoms with Crippen LogP contribution in [0, 0.1) is 5.92 Å². The molecule has 0 aromatic heterocycles. The lowest BCUT2D eigenvalue weighted by atomic mass is 9.82. The van der Waals surface area contributed by atoms with Gasteiger partial charge in [0.25, 0.3) is 0 Å². The maximum Gasteiger partial charge on any atom is 0.246 e. The number of carbonyl (C=O) groups is 3. The van der Waals surface area contributed by atoms with Gasteiger partial charge in [0.15, 0.2) is 0 Å². The predicted octanol–water partition coefficient (Wildman–Crippen LogP) is 3.06. The molecule has 10 heteroatoms. The van der Waals surface area contributed by atoms with Crippen molar-refractivity contribution in [3.63, 3.8) is 0 Å². The molecule has 3 amide bonds. The fourth-order valence-corrected chi connectivity index (χ4v) is 6.06. The lowest BCUT2D eigenvalue weighted by Gasteiger charge is -2.45. The first kappa shape index (κ1) is 32.3. The van der Waals surface area contributed by atoms with E-state index in [1.165, 1.54) is 6.42 Å². The van der Waals surface area contributed by atoms with E-state index in [-0.39, 0.29) is 66.6 Å². The molecule has 1 aromatic carbocycles. The first-order chi connectivity index (χ1) is 17.4. The molecule has 0 unspecified atom stereocenters. The Morgan fingerprint density at radius 2 is 1.58 bits per heavy atom. The van der Waals surface area contributed by atoms with Crippen molar-refractivity contribution in [2.45, 2.75) is 89.0 Å². The Hall–Kier alpha value is -1.87. The minimum absolute atomic E-state index is 0. The Morgan fingerprint density at radius 1 is 0.895 bits per heavy atom. The molecular weight excluding hydrogens is 525 g/mol. The highest BCUT2D eigenvalue weighted by atomic mass is 35.5. The van der Waals surface area contributed by atoms with Crippen LogP contribution >= 0.6 is 24.8 Å². The molecule has 2 aliphatic heterocycles. The van der Waals surface area contributed by atoms with Crippen molar-refractivity contribution in [2.24, 2.45) is 5.92 Å². The van der Waals surface area contributed by atoms with E-state index in [4.69, 9.17) is 0 Å². The molecule has 3 aliphatic rings. The summed E-state index contributed by atoms with van der Waals surface area (Å²) in [7, 11) is 1.75. The summed E-state index contributed by atoms with van der Waals surface area (Å²) in [6.45, 7) is 5.83. The van der Waals surface area contributed by atoms with Crippen LogP contribution in [0.5, 0.6) is 0 Å². The van der Waals surface area contributed by atoms with Gasteiger partial charge >= 0.3 is 0 Å². The summed E-state index contributed by atoms with van der Waals surface area (Å²) in [4.78, 5) is 44.9. The van der Waals surface area contributed by atoms with Crippen molar-refractivity contribution >= 4 is 42.5 Å². The minimum atomic E-state index is -0.594. The van der Waals surface area contributed by atoms with Crippen LogP contribution < -0.4 is 16.0 Å². The second-order valence-corrected chi connectivity index (χ2v) is 10.8. The predicted molar refractivity (Wildman–Crippen MR) is 155 cm³/mol. The van der Waals surface area contributed by atoms with Crippen molar-refractivity contribution in [1.82, 2.24) is 25.8 Å². The van der Waals surface area contributed by atoms with Gasteiger partial charge in [-0.25, -0.2) is 0 Å². The number of nitrogens with zero attached hydrogens (tertiary/aromatic N) is 2. The van der Waals surface area contributed by atoms with E-state index in [2.05, 4.69) is 20.9 Å². The summed E-state index contributed by atoms with van der Waals surface area (Å²) in [5.41, 5.74) is 1.03. The van der Waals surface area contributed by atoms with E-state index in [0.717, 1.165) is 50.6 Å². The number of hydrogen-bond donors (Lipinski definition) is 3. The van der Waals surface area contributed by atoms with Crippen molar-refractivity contribution in [1.29, 1.82) is 0 Å². The zero-order valence-electron chi connectivity index (χ0n) is 22.9. The van der Waals surface area contributed by atoms with E-state index in [0.29, 0.717) is 13.1 Å². The third kappa shape index (κ3) is 7.62. The second kappa shape index (κ2) is 15.1. The molecule has 38 heavy (non-hydrogen) atoms. The summed E-state index contributed by atoms with van der Waals surface area (Å²) < 4.78 is 0. The third-order valence-electron chi connectivity index (χ3n) is 8.45. The van der Waals surface area contributed by atoms with Crippen molar-refractivity contribution in [2.75, 3.05) is 26.7 Å². The zero-order chi connectivity index (χ0) is 25.7. The monoisotopic (exact) mass is 569 g/mol. The molecule has 2 saturated heterocycles. The summed E-state index contributed by atoms with van der Waals surface area (Å²) >= 11 is 0. The van der Waals surface area contributed by atoms with Gasteiger partial charge in [0.05, 0.1) is 12.1 Å². The van der Waals surface area contributed by atoms with Gasteiger partial charge in [-0.1, -0.05) is 49.6 Å². The number of benzene rings is 1. The number of piperazine rings is 1. The number of fused-ring (bicyclic) bond motifs is 1. The van der Waals surface area contributed by atoms with Gasteiger partial charge < -0.3 is 20.9 Å². The van der Waals surface area contributed by atoms with Crippen molar-refractivity contribution < 1.29 is 14.4 Å². The van der Waals surface area contributed by atoms with Gasteiger partial charge in [-0.2, -0.15) is 0 Å². The van der Waals surface area contributed by atoms with Crippen molar-refractivity contribution in [3.8, 4) is 0 Å². The molecule has 214 valence electrons. The summed E-state index contributed by atoms with van der Waals surface area (Å²) in [5.74, 6) is -0.285. The number of carbonyl (C=O) groups excluding carboxylic acids is 3. The lowest BCUT2D eigenvalue weighted by Crippen LogP contribution is -2.66. The van der Waals surface area contributed by atoms with Crippen LogP contribution in [0.2, 0.25) is 0 Å². The first-order valence-corrected chi connectivity index (χ1v) is 13.8. The van der Waals surface area contributed by atoms with E-state index < -0.39 is 12.1 Å². The standard InChI is InChI=1S/C28H43N5O3.2ClH/c1-19(21-11-6-4-7-12-21)30-27(35)24-18-32-16-10-15-23(32)17-33(24)28(36)25(22-13-8-5-9-14-22)31-26(34)20(2)29-3;;/h4,6-7,11-12,19-20,22-25,29H,5,8-10,13-18H2,1-3H3,(H,30,35)(H,31,34);2*1H/t19-,20+,23-,24+,25+;;/m1../s1. The fourth-order valence-electron chi connectivity index (χ4n) is 6.06. The van der Waals surface area contributed by atoms with Crippen LogP contribution in [0.3, 0.4) is 0 Å². The molecule has 5 atom stereocenters. The van der Waals surface area contributed by atoms with Crippen LogP contribution in [0.15, 0.2) is 30.3 Å². The van der Waals surface area contributed by atoms with Gasteiger partial charge in [-0.15, -0.1) is 24.8 Å². The number of likely N-dealkylation sites (N-methyl/N-ethyl adjacent to an activating group) is 1. The van der Waals surface area contributed by atoms with Crippen LogP contribution in [-0.2, 0) is 14.4 Å². The number of nitrogens with one attached hydrogen (secondary N) is 3. The largest absolute Gasteiger partial charge is 0.348 e. The van der Waals surface area contributed by atoms with Crippen LogP contribution in [-0.4, -0.2) is 78.4 Å². The van der Waals surface area contributed by atoms with Crippen molar-refractivity contribution in [3.05, 3.63) is 35.9 Å².